The van der Waals surface area contributed by atoms with Crippen molar-refractivity contribution in [3.63, 3.8) is 0 Å². The van der Waals surface area contributed by atoms with Crippen LogP contribution in [0.4, 0.5) is 22.4 Å². The van der Waals surface area contributed by atoms with Gasteiger partial charge in [0.1, 0.15) is 6.10 Å². The Hall–Kier alpha value is -1.99. The van der Waals surface area contributed by atoms with E-state index in [0.29, 0.717) is 0 Å². The summed E-state index contributed by atoms with van der Waals surface area (Å²) in [4.78, 5) is 11.4. The highest BCUT2D eigenvalue weighted by Gasteiger charge is 2.34. The molecule has 1 fully saturated rings. The maximum absolute atomic E-state index is 13.2. The molecule has 1 heterocycles. The molecular formula is C10H7F4NO3. The van der Waals surface area contributed by atoms with E-state index in [-0.39, 0.29) is 19.2 Å². The van der Waals surface area contributed by atoms with Crippen LogP contribution in [0.15, 0.2) is 6.07 Å². The molecule has 1 aromatic carbocycles. The van der Waals surface area contributed by atoms with Gasteiger partial charge in [-0.1, -0.05) is 0 Å². The zero-order valence-corrected chi connectivity index (χ0v) is 8.79. The Morgan fingerprint density at radius 3 is 2.17 bits per heavy atom. The summed E-state index contributed by atoms with van der Waals surface area (Å²) in [5, 5.41) is 8.52. The van der Waals surface area contributed by atoms with Crippen molar-refractivity contribution >= 4 is 6.09 Å². The van der Waals surface area contributed by atoms with Crippen LogP contribution in [-0.2, 0) is 0 Å². The summed E-state index contributed by atoms with van der Waals surface area (Å²) in [5.41, 5.74) is 0. The van der Waals surface area contributed by atoms with Gasteiger partial charge in [0.05, 0.1) is 13.1 Å². The standard InChI is InChI=1S/C10H7F4NO3/c11-5-1-6(12)8(14)9(7(5)13)18-4-2-15(3-4)10(16)17/h1,4H,2-3H2,(H,16,17). The van der Waals surface area contributed by atoms with E-state index >= 15 is 0 Å². The Kier molecular flexibility index (Phi) is 3.02. The first-order chi connectivity index (χ1) is 8.40. The molecule has 0 bridgehead atoms. The van der Waals surface area contributed by atoms with Crippen LogP contribution in [-0.4, -0.2) is 35.3 Å². The average molecular weight is 265 g/mol. The van der Waals surface area contributed by atoms with Gasteiger partial charge >= 0.3 is 6.09 Å². The Morgan fingerprint density at radius 1 is 1.22 bits per heavy atom. The van der Waals surface area contributed by atoms with E-state index in [0.717, 1.165) is 4.90 Å². The Bertz CT molecular complexity index is 476. The minimum Gasteiger partial charge on any atom is -0.480 e. The molecule has 1 aliphatic rings. The lowest BCUT2D eigenvalue weighted by molar-refractivity contribution is 0.0202. The predicted octanol–water partition coefficient (Wildman–Crippen LogP) is 1.98. The van der Waals surface area contributed by atoms with Gasteiger partial charge in [0.15, 0.2) is 17.4 Å². The number of carboxylic acid groups (broad SMARTS) is 1. The Balaban J connectivity index is 2.14. The van der Waals surface area contributed by atoms with Crippen LogP contribution >= 0.6 is 0 Å². The van der Waals surface area contributed by atoms with Gasteiger partial charge in [-0.25, -0.2) is 13.6 Å². The summed E-state index contributed by atoms with van der Waals surface area (Å²) in [5.74, 6) is -7.58. The topological polar surface area (TPSA) is 49.8 Å². The smallest absolute Gasteiger partial charge is 0.407 e. The largest absolute Gasteiger partial charge is 0.480 e. The fraction of sp³-hybridized carbons (Fsp3) is 0.300. The minimum absolute atomic E-state index is 0.0713. The molecule has 2 rings (SSSR count). The average Bonchev–Trinajstić information content (AvgIpc) is 2.23. The van der Waals surface area contributed by atoms with Crippen molar-refractivity contribution in [2.24, 2.45) is 0 Å². The van der Waals surface area contributed by atoms with Crippen LogP contribution in [0.2, 0.25) is 0 Å². The van der Waals surface area contributed by atoms with Crippen molar-refractivity contribution in [2.75, 3.05) is 13.1 Å². The van der Waals surface area contributed by atoms with Gasteiger partial charge in [0.25, 0.3) is 0 Å². The number of halogens is 4. The third kappa shape index (κ3) is 2.05. The number of amides is 1. The van der Waals surface area contributed by atoms with Crippen LogP contribution in [0.3, 0.4) is 0 Å². The quantitative estimate of drug-likeness (QED) is 0.657. The number of rotatable bonds is 2. The summed E-state index contributed by atoms with van der Waals surface area (Å²) in [6.07, 6.45) is -2.03. The number of likely N-dealkylation sites (tertiary alicyclic amines) is 1. The second kappa shape index (κ2) is 4.35. The fourth-order valence-electron chi connectivity index (χ4n) is 1.49. The van der Waals surface area contributed by atoms with Crippen molar-refractivity contribution in [2.45, 2.75) is 6.10 Å². The van der Waals surface area contributed by atoms with Gasteiger partial charge < -0.3 is 14.7 Å². The van der Waals surface area contributed by atoms with Crippen molar-refractivity contribution < 1.29 is 32.2 Å². The molecule has 1 N–H and O–H groups in total. The van der Waals surface area contributed by atoms with Gasteiger partial charge in [0.2, 0.25) is 11.6 Å². The maximum atomic E-state index is 13.2. The molecule has 4 nitrogen and oxygen atoms in total. The first-order valence-electron chi connectivity index (χ1n) is 4.87. The lowest BCUT2D eigenvalue weighted by atomic mass is 10.2. The zero-order chi connectivity index (χ0) is 13.4. The first kappa shape index (κ1) is 12.5. The van der Waals surface area contributed by atoms with Crippen molar-refractivity contribution in [1.82, 2.24) is 4.90 Å². The lowest BCUT2D eigenvalue weighted by Crippen LogP contribution is -2.55. The monoisotopic (exact) mass is 265 g/mol. The summed E-state index contributed by atoms with van der Waals surface area (Å²) >= 11 is 0. The number of hydrogen-bond donors (Lipinski definition) is 1. The van der Waals surface area contributed by atoms with E-state index in [4.69, 9.17) is 9.84 Å². The lowest BCUT2D eigenvalue weighted by Gasteiger charge is -2.36. The fourth-order valence-corrected chi connectivity index (χ4v) is 1.49. The molecule has 0 atom stereocenters. The highest BCUT2D eigenvalue weighted by molar-refractivity contribution is 5.66. The number of benzene rings is 1. The highest BCUT2D eigenvalue weighted by Crippen LogP contribution is 2.28. The van der Waals surface area contributed by atoms with E-state index in [1.807, 2.05) is 0 Å². The highest BCUT2D eigenvalue weighted by atomic mass is 19.2. The molecule has 1 aliphatic heterocycles. The second-order valence-electron chi connectivity index (χ2n) is 3.72. The molecule has 0 aliphatic carbocycles. The van der Waals surface area contributed by atoms with Crippen LogP contribution in [0.1, 0.15) is 0 Å². The van der Waals surface area contributed by atoms with Crippen LogP contribution in [0.25, 0.3) is 0 Å². The molecule has 1 aromatic rings. The molecule has 18 heavy (non-hydrogen) atoms. The molecule has 1 amide bonds. The van der Waals surface area contributed by atoms with Gasteiger partial charge in [-0.05, 0) is 0 Å². The third-order valence-electron chi connectivity index (χ3n) is 2.47. The van der Waals surface area contributed by atoms with Gasteiger partial charge in [-0.15, -0.1) is 0 Å². The molecule has 1 saturated heterocycles. The van der Waals surface area contributed by atoms with Crippen LogP contribution in [0.5, 0.6) is 5.75 Å². The second-order valence-corrected chi connectivity index (χ2v) is 3.72. The molecular weight excluding hydrogens is 258 g/mol. The molecule has 0 aromatic heterocycles. The van der Waals surface area contributed by atoms with E-state index in [1.165, 1.54) is 0 Å². The normalized spacial score (nSPS) is 15.4. The minimum atomic E-state index is -1.64. The van der Waals surface area contributed by atoms with Crippen LogP contribution in [0, 0.1) is 23.3 Å². The third-order valence-corrected chi connectivity index (χ3v) is 2.47. The molecule has 8 heteroatoms. The summed E-state index contributed by atoms with van der Waals surface area (Å²) < 4.78 is 56.7. The van der Waals surface area contributed by atoms with E-state index in [1.54, 1.807) is 0 Å². The van der Waals surface area contributed by atoms with Gasteiger partial charge in [0, 0.05) is 6.07 Å². The molecule has 0 unspecified atom stereocenters. The number of nitrogens with zero attached hydrogens (tertiary/aromatic N) is 1. The first-order valence-corrected chi connectivity index (χ1v) is 4.87. The van der Waals surface area contributed by atoms with Gasteiger partial charge in [-0.2, -0.15) is 8.78 Å². The molecule has 0 spiro atoms. The maximum Gasteiger partial charge on any atom is 0.407 e. The van der Waals surface area contributed by atoms with Gasteiger partial charge in [-0.3, -0.25) is 0 Å². The van der Waals surface area contributed by atoms with Crippen molar-refractivity contribution in [1.29, 1.82) is 0 Å². The summed E-state index contributed by atoms with van der Waals surface area (Å²) in [6.45, 7) is -0.237. The zero-order valence-electron chi connectivity index (χ0n) is 8.79. The molecule has 0 radical (unpaired) electrons. The van der Waals surface area contributed by atoms with E-state index in [2.05, 4.69) is 0 Å². The predicted molar refractivity (Wildman–Crippen MR) is 50.3 cm³/mol. The number of ether oxygens (including phenoxy) is 1. The number of carbonyl (C=O) groups is 1. The SMILES string of the molecule is O=C(O)N1CC(Oc2c(F)c(F)cc(F)c2F)C1. The molecule has 0 saturated carbocycles. The van der Waals surface area contributed by atoms with E-state index < -0.39 is 41.2 Å². The summed E-state index contributed by atoms with van der Waals surface area (Å²) in [6, 6.07) is 0.0713. The van der Waals surface area contributed by atoms with Crippen LogP contribution < -0.4 is 4.74 Å². The number of hydrogen-bond acceptors (Lipinski definition) is 2. The van der Waals surface area contributed by atoms with Crippen molar-refractivity contribution in [3.8, 4) is 5.75 Å². The van der Waals surface area contributed by atoms with Crippen molar-refractivity contribution in [3.05, 3.63) is 29.3 Å². The van der Waals surface area contributed by atoms with E-state index in [9.17, 15) is 22.4 Å². The summed E-state index contributed by atoms with van der Waals surface area (Å²) in [7, 11) is 0. The Morgan fingerprint density at radius 2 is 1.72 bits per heavy atom. The molecule has 98 valence electrons. The Labute approximate surface area is 98.4 Å².